The normalized spacial score (nSPS) is 11.3. The molecule has 0 aliphatic heterocycles. The average Bonchev–Trinajstić information content (AvgIpc) is 3.48. The van der Waals surface area contributed by atoms with E-state index in [0.29, 0.717) is 5.82 Å². The predicted molar refractivity (Wildman–Crippen MR) is 172 cm³/mol. The maximum atomic E-state index is 6.41. The van der Waals surface area contributed by atoms with Gasteiger partial charge in [-0.15, -0.1) is 0 Å². The van der Waals surface area contributed by atoms with Crippen LogP contribution in [0.2, 0.25) is 0 Å². The van der Waals surface area contributed by atoms with Gasteiger partial charge in [0.05, 0.1) is 11.4 Å². The van der Waals surface area contributed by atoms with Crippen LogP contribution in [-0.4, -0.2) is 19.9 Å². The lowest BCUT2D eigenvalue weighted by Gasteiger charge is -2.13. The number of hydrogen-bond acceptors (Lipinski definition) is 5. The van der Waals surface area contributed by atoms with Crippen molar-refractivity contribution in [3.63, 3.8) is 0 Å². The Balaban J connectivity index is 1.38. The summed E-state index contributed by atoms with van der Waals surface area (Å²) in [5.74, 6) is 0.649. The lowest BCUT2D eigenvalue weighted by atomic mass is 9.95. The van der Waals surface area contributed by atoms with E-state index in [0.717, 1.165) is 72.3 Å². The van der Waals surface area contributed by atoms with Crippen molar-refractivity contribution < 1.29 is 4.42 Å². The Kier molecular flexibility index (Phi) is 6.05. The Hall–Kier alpha value is -5.94. The van der Waals surface area contributed by atoms with E-state index in [1.165, 1.54) is 0 Å². The van der Waals surface area contributed by atoms with Crippen LogP contribution in [0.25, 0.3) is 78.1 Å². The fourth-order valence-electron chi connectivity index (χ4n) is 5.57. The predicted octanol–water partition coefficient (Wildman–Crippen LogP) is 9.50. The van der Waals surface area contributed by atoms with E-state index >= 15 is 0 Å². The molecule has 0 aliphatic rings. The molecule has 0 bridgehead atoms. The van der Waals surface area contributed by atoms with Crippen molar-refractivity contribution >= 4 is 21.9 Å². The molecule has 43 heavy (non-hydrogen) atoms. The molecular weight excluding hydrogens is 528 g/mol. The third kappa shape index (κ3) is 4.63. The molecule has 0 spiro atoms. The molecule has 0 saturated carbocycles. The van der Waals surface area contributed by atoms with E-state index in [-0.39, 0.29) is 0 Å². The number of aromatic nitrogens is 4. The fraction of sp³-hybridized carbons (Fsp3) is 0. The summed E-state index contributed by atoms with van der Waals surface area (Å²) in [4.78, 5) is 19.0. The molecule has 202 valence electrons. The number of furan rings is 1. The zero-order valence-corrected chi connectivity index (χ0v) is 23.1. The van der Waals surface area contributed by atoms with E-state index in [4.69, 9.17) is 14.4 Å². The highest BCUT2D eigenvalue weighted by molar-refractivity contribution is 6.09. The molecule has 0 saturated heterocycles. The number of hydrogen-bond donors (Lipinski definition) is 0. The lowest BCUT2D eigenvalue weighted by Crippen LogP contribution is -1.97. The van der Waals surface area contributed by atoms with Crippen LogP contribution in [0.3, 0.4) is 0 Å². The summed E-state index contributed by atoms with van der Waals surface area (Å²) >= 11 is 0. The standard InChI is InChI=1S/C38H24N4O/c1-2-9-25(10-3-1)38-41-34(22-35(42-38)33-15-6-14-32-31-13-4-5-16-36(31)43-37(32)33)30-20-28(26-11-7-17-39-23-26)19-29(21-30)27-12-8-18-40-24-27/h1-24H. The summed E-state index contributed by atoms with van der Waals surface area (Å²) in [5, 5.41) is 2.15. The lowest BCUT2D eigenvalue weighted by molar-refractivity contribution is 0.670. The van der Waals surface area contributed by atoms with Crippen molar-refractivity contribution in [3.05, 3.63) is 146 Å². The molecule has 5 heteroatoms. The molecule has 0 amide bonds. The molecule has 0 radical (unpaired) electrons. The minimum atomic E-state index is 0.649. The Morgan fingerprint density at radius 2 is 1.07 bits per heavy atom. The third-order valence-electron chi connectivity index (χ3n) is 7.66. The van der Waals surface area contributed by atoms with Crippen molar-refractivity contribution in [2.24, 2.45) is 0 Å². The maximum Gasteiger partial charge on any atom is 0.160 e. The van der Waals surface area contributed by atoms with Gasteiger partial charge in [-0.3, -0.25) is 9.97 Å². The van der Waals surface area contributed by atoms with Crippen molar-refractivity contribution in [2.45, 2.75) is 0 Å². The van der Waals surface area contributed by atoms with E-state index < -0.39 is 0 Å². The monoisotopic (exact) mass is 552 g/mol. The maximum absolute atomic E-state index is 6.41. The van der Waals surface area contributed by atoms with Gasteiger partial charge in [0.15, 0.2) is 5.82 Å². The number of benzene rings is 4. The first-order chi connectivity index (χ1) is 21.3. The van der Waals surface area contributed by atoms with Crippen molar-refractivity contribution in [1.82, 2.24) is 19.9 Å². The number of fused-ring (bicyclic) bond motifs is 3. The highest BCUT2D eigenvalue weighted by atomic mass is 16.3. The first kappa shape index (κ1) is 24.8. The van der Waals surface area contributed by atoms with Crippen LogP contribution in [0.15, 0.2) is 151 Å². The number of nitrogens with zero attached hydrogens (tertiary/aromatic N) is 4. The summed E-state index contributed by atoms with van der Waals surface area (Å²) in [5.41, 5.74) is 10.3. The first-order valence-corrected chi connectivity index (χ1v) is 14.1. The third-order valence-corrected chi connectivity index (χ3v) is 7.66. The number of pyridine rings is 2. The molecular formula is C38H24N4O. The molecule has 8 rings (SSSR count). The van der Waals surface area contributed by atoms with Gasteiger partial charge in [-0.05, 0) is 59.7 Å². The molecule has 4 heterocycles. The van der Waals surface area contributed by atoms with Crippen molar-refractivity contribution in [1.29, 1.82) is 0 Å². The summed E-state index contributed by atoms with van der Waals surface area (Å²) < 4.78 is 6.41. The quantitative estimate of drug-likeness (QED) is 0.213. The second kappa shape index (κ2) is 10.5. The zero-order valence-electron chi connectivity index (χ0n) is 23.1. The van der Waals surface area contributed by atoms with Crippen LogP contribution in [0.1, 0.15) is 0 Å². The molecule has 0 fully saturated rings. The van der Waals surface area contributed by atoms with E-state index in [1.807, 2.05) is 73.1 Å². The van der Waals surface area contributed by atoms with Gasteiger partial charge in [-0.25, -0.2) is 9.97 Å². The molecule has 0 unspecified atom stereocenters. The molecule has 5 nitrogen and oxygen atoms in total. The Morgan fingerprint density at radius 3 is 1.79 bits per heavy atom. The van der Waals surface area contributed by atoms with Crippen molar-refractivity contribution in [3.8, 4) is 56.2 Å². The van der Waals surface area contributed by atoms with Crippen LogP contribution in [-0.2, 0) is 0 Å². The second-order valence-corrected chi connectivity index (χ2v) is 10.4. The van der Waals surface area contributed by atoms with E-state index in [9.17, 15) is 0 Å². The fourth-order valence-corrected chi connectivity index (χ4v) is 5.57. The van der Waals surface area contributed by atoms with Gasteiger partial charge < -0.3 is 4.42 Å². The highest BCUT2D eigenvalue weighted by Gasteiger charge is 2.17. The smallest absolute Gasteiger partial charge is 0.160 e. The molecule has 4 aromatic heterocycles. The number of para-hydroxylation sites is 2. The minimum Gasteiger partial charge on any atom is -0.455 e. The molecule has 0 N–H and O–H groups in total. The summed E-state index contributed by atoms with van der Waals surface area (Å²) in [6.45, 7) is 0. The van der Waals surface area contributed by atoms with Gasteiger partial charge in [-0.2, -0.15) is 0 Å². The van der Waals surface area contributed by atoms with Crippen LogP contribution >= 0.6 is 0 Å². The van der Waals surface area contributed by atoms with Gasteiger partial charge in [0.1, 0.15) is 11.2 Å². The molecule has 8 aromatic rings. The topological polar surface area (TPSA) is 64.7 Å². The molecule has 0 atom stereocenters. The van der Waals surface area contributed by atoms with E-state index in [1.54, 1.807) is 12.4 Å². The van der Waals surface area contributed by atoms with Gasteiger partial charge in [0, 0.05) is 63.4 Å². The minimum absolute atomic E-state index is 0.649. The summed E-state index contributed by atoms with van der Waals surface area (Å²) in [7, 11) is 0. The van der Waals surface area contributed by atoms with Crippen LogP contribution in [0.4, 0.5) is 0 Å². The zero-order chi connectivity index (χ0) is 28.6. The van der Waals surface area contributed by atoms with Gasteiger partial charge in [0.25, 0.3) is 0 Å². The van der Waals surface area contributed by atoms with Crippen LogP contribution in [0, 0.1) is 0 Å². The van der Waals surface area contributed by atoms with Gasteiger partial charge in [-0.1, -0.05) is 72.8 Å². The summed E-state index contributed by atoms with van der Waals surface area (Å²) in [6.07, 6.45) is 7.35. The van der Waals surface area contributed by atoms with Crippen LogP contribution < -0.4 is 0 Å². The first-order valence-electron chi connectivity index (χ1n) is 14.1. The van der Waals surface area contributed by atoms with Gasteiger partial charge in [0.2, 0.25) is 0 Å². The Labute approximate surface area is 248 Å². The second-order valence-electron chi connectivity index (χ2n) is 10.4. The summed E-state index contributed by atoms with van der Waals surface area (Å²) in [6, 6.07) is 41.1. The van der Waals surface area contributed by atoms with Crippen molar-refractivity contribution in [2.75, 3.05) is 0 Å². The Bertz CT molecular complexity index is 2170. The van der Waals surface area contributed by atoms with E-state index in [2.05, 4.69) is 70.6 Å². The number of rotatable bonds is 5. The largest absolute Gasteiger partial charge is 0.455 e. The van der Waals surface area contributed by atoms with Crippen LogP contribution in [0.5, 0.6) is 0 Å². The molecule has 0 aliphatic carbocycles. The Morgan fingerprint density at radius 1 is 0.442 bits per heavy atom. The van der Waals surface area contributed by atoms with Gasteiger partial charge >= 0.3 is 0 Å². The average molecular weight is 553 g/mol. The highest BCUT2D eigenvalue weighted by Crippen LogP contribution is 2.38. The SMILES string of the molecule is c1ccc(-c2nc(-c3cc(-c4cccnc4)cc(-c4cccnc4)c3)cc(-c3cccc4c3oc3ccccc34)n2)cc1. The molecule has 4 aromatic carbocycles.